The van der Waals surface area contributed by atoms with Crippen molar-refractivity contribution in [2.75, 3.05) is 12.8 Å². The summed E-state index contributed by atoms with van der Waals surface area (Å²) in [5, 5.41) is 9.63. The van der Waals surface area contributed by atoms with Gasteiger partial charge in [-0.15, -0.1) is 0 Å². The van der Waals surface area contributed by atoms with Crippen molar-refractivity contribution in [3.05, 3.63) is 34.3 Å². The predicted octanol–water partition coefficient (Wildman–Crippen LogP) is 1.03. The molecule has 0 aromatic heterocycles. The van der Waals surface area contributed by atoms with Crippen LogP contribution >= 0.6 is 15.9 Å². The van der Waals surface area contributed by atoms with Gasteiger partial charge in [0.05, 0.1) is 12.4 Å². The zero-order chi connectivity index (χ0) is 11.5. The molecule has 0 aliphatic heterocycles. The molecule has 0 spiro atoms. The molecule has 0 bridgehead atoms. The summed E-state index contributed by atoms with van der Waals surface area (Å²) in [6.45, 7) is -0.0134. The molecule has 4 nitrogen and oxygen atoms in total. The van der Waals surface area contributed by atoms with Crippen molar-refractivity contribution in [2.45, 2.75) is 6.10 Å². The summed E-state index contributed by atoms with van der Waals surface area (Å²) in [5.41, 5.74) is 0.675. The van der Waals surface area contributed by atoms with E-state index in [-0.39, 0.29) is 6.54 Å². The Kier molecular flexibility index (Phi) is 4.27. The topological polar surface area (TPSA) is 66.4 Å². The van der Waals surface area contributed by atoms with Crippen LogP contribution in [0.3, 0.4) is 0 Å². The highest BCUT2D eigenvalue weighted by molar-refractivity contribution is 9.10. The average molecular weight is 294 g/mol. The summed E-state index contributed by atoms with van der Waals surface area (Å²) in [6, 6.07) is 7.05. The van der Waals surface area contributed by atoms with Crippen molar-refractivity contribution in [3.8, 4) is 0 Å². The molecule has 1 atom stereocenters. The van der Waals surface area contributed by atoms with E-state index in [0.717, 1.165) is 10.7 Å². The van der Waals surface area contributed by atoms with Crippen LogP contribution in [-0.4, -0.2) is 26.3 Å². The minimum Gasteiger partial charge on any atom is -0.387 e. The number of nitrogens with one attached hydrogen (secondary N) is 1. The third kappa shape index (κ3) is 4.74. The molecule has 1 aromatic rings. The molecule has 1 aromatic carbocycles. The Morgan fingerprint density at radius 1 is 1.40 bits per heavy atom. The van der Waals surface area contributed by atoms with E-state index in [1.165, 1.54) is 0 Å². The smallest absolute Gasteiger partial charge is 0.208 e. The van der Waals surface area contributed by atoms with E-state index in [1.54, 1.807) is 24.3 Å². The fourth-order valence-corrected chi connectivity index (χ4v) is 1.76. The summed E-state index contributed by atoms with van der Waals surface area (Å²) in [7, 11) is -3.25. The highest BCUT2D eigenvalue weighted by Gasteiger charge is 2.09. The van der Waals surface area contributed by atoms with Crippen LogP contribution in [0.4, 0.5) is 0 Å². The number of benzene rings is 1. The monoisotopic (exact) mass is 293 g/mol. The second-order valence-corrected chi connectivity index (χ2v) is 5.94. The van der Waals surface area contributed by atoms with E-state index < -0.39 is 16.1 Å². The summed E-state index contributed by atoms with van der Waals surface area (Å²) in [6.07, 6.45) is 0.231. The zero-order valence-electron chi connectivity index (χ0n) is 8.14. The third-order valence-electron chi connectivity index (χ3n) is 1.79. The van der Waals surface area contributed by atoms with E-state index in [1.807, 2.05) is 0 Å². The van der Waals surface area contributed by atoms with Crippen molar-refractivity contribution >= 4 is 26.0 Å². The molecule has 0 fully saturated rings. The van der Waals surface area contributed by atoms with E-state index in [2.05, 4.69) is 20.7 Å². The van der Waals surface area contributed by atoms with Crippen LogP contribution < -0.4 is 4.72 Å². The predicted molar refractivity (Wildman–Crippen MR) is 61.9 cm³/mol. The van der Waals surface area contributed by atoms with Crippen molar-refractivity contribution in [1.29, 1.82) is 0 Å². The van der Waals surface area contributed by atoms with E-state index in [0.29, 0.717) is 5.56 Å². The highest BCUT2D eigenvalue weighted by Crippen LogP contribution is 2.16. The quantitative estimate of drug-likeness (QED) is 0.871. The van der Waals surface area contributed by atoms with Gasteiger partial charge in [0, 0.05) is 11.0 Å². The lowest BCUT2D eigenvalue weighted by Crippen LogP contribution is -2.27. The second kappa shape index (κ2) is 5.07. The maximum Gasteiger partial charge on any atom is 0.208 e. The lowest BCUT2D eigenvalue weighted by Gasteiger charge is -2.10. The number of sulfonamides is 1. The van der Waals surface area contributed by atoms with Gasteiger partial charge in [0.1, 0.15) is 0 Å². The Morgan fingerprint density at radius 3 is 2.40 bits per heavy atom. The van der Waals surface area contributed by atoms with Crippen molar-refractivity contribution in [2.24, 2.45) is 0 Å². The van der Waals surface area contributed by atoms with Gasteiger partial charge in [-0.25, -0.2) is 13.1 Å². The largest absolute Gasteiger partial charge is 0.387 e. The third-order valence-corrected chi connectivity index (χ3v) is 3.01. The molecule has 1 unspecified atom stereocenters. The van der Waals surface area contributed by atoms with Crippen LogP contribution in [-0.2, 0) is 10.0 Å². The molecule has 0 radical (unpaired) electrons. The van der Waals surface area contributed by atoms with E-state index in [9.17, 15) is 13.5 Å². The molecular weight excluding hydrogens is 282 g/mol. The molecule has 0 amide bonds. The lowest BCUT2D eigenvalue weighted by molar-refractivity contribution is 0.182. The van der Waals surface area contributed by atoms with Crippen molar-refractivity contribution in [3.63, 3.8) is 0 Å². The van der Waals surface area contributed by atoms with Crippen molar-refractivity contribution < 1.29 is 13.5 Å². The molecule has 0 aliphatic rings. The maximum atomic E-state index is 10.8. The summed E-state index contributed by atoms with van der Waals surface area (Å²) in [4.78, 5) is 0. The second-order valence-electron chi connectivity index (χ2n) is 3.19. The van der Waals surface area contributed by atoms with Crippen LogP contribution in [0, 0.1) is 0 Å². The standard InChI is InChI=1S/C9H12BrNO3S/c1-15(13,14)11-6-9(12)7-2-4-8(10)5-3-7/h2-5,9,11-12H,6H2,1H3. The first-order valence-corrected chi connectivity index (χ1v) is 6.95. The van der Waals surface area contributed by atoms with Gasteiger partial charge in [0.2, 0.25) is 10.0 Å². The average Bonchev–Trinajstić information content (AvgIpc) is 2.14. The molecule has 0 heterocycles. The van der Waals surface area contributed by atoms with Crippen LogP contribution in [0.2, 0.25) is 0 Å². The van der Waals surface area contributed by atoms with Gasteiger partial charge < -0.3 is 5.11 Å². The fraction of sp³-hybridized carbons (Fsp3) is 0.333. The molecule has 0 aliphatic carbocycles. The normalized spacial score (nSPS) is 13.8. The van der Waals surface area contributed by atoms with Crippen molar-refractivity contribution in [1.82, 2.24) is 4.72 Å². The molecule has 0 saturated carbocycles. The molecule has 84 valence electrons. The number of aliphatic hydroxyl groups excluding tert-OH is 1. The fourth-order valence-electron chi connectivity index (χ4n) is 1.03. The van der Waals surface area contributed by atoms with Gasteiger partial charge in [-0.05, 0) is 17.7 Å². The molecule has 1 rings (SSSR count). The maximum absolute atomic E-state index is 10.8. The van der Waals surface area contributed by atoms with Gasteiger partial charge in [-0.1, -0.05) is 28.1 Å². The number of hydrogen-bond donors (Lipinski definition) is 2. The van der Waals surface area contributed by atoms with Gasteiger partial charge in [-0.2, -0.15) is 0 Å². The van der Waals surface area contributed by atoms with Gasteiger partial charge >= 0.3 is 0 Å². The number of hydrogen-bond acceptors (Lipinski definition) is 3. The minimum absolute atomic E-state index is 0.0134. The number of aliphatic hydroxyl groups is 1. The molecule has 6 heteroatoms. The van der Waals surface area contributed by atoms with E-state index in [4.69, 9.17) is 0 Å². The molecular formula is C9H12BrNO3S. The zero-order valence-corrected chi connectivity index (χ0v) is 10.5. The Bertz CT molecular complexity index is 415. The Morgan fingerprint density at radius 2 is 1.93 bits per heavy atom. The number of halogens is 1. The first-order valence-electron chi connectivity index (χ1n) is 4.26. The summed E-state index contributed by atoms with van der Waals surface area (Å²) in [5.74, 6) is 0. The SMILES string of the molecule is CS(=O)(=O)NCC(O)c1ccc(Br)cc1. The van der Waals surface area contributed by atoms with Gasteiger partial charge in [0.25, 0.3) is 0 Å². The van der Waals surface area contributed by atoms with E-state index >= 15 is 0 Å². The van der Waals surface area contributed by atoms with Crippen LogP contribution in [0.25, 0.3) is 0 Å². The molecule has 2 N–H and O–H groups in total. The minimum atomic E-state index is -3.25. The van der Waals surface area contributed by atoms with Crippen LogP contribution in [0.5, 0.6) is 0 Å². The summed E-state index contributed by atoms with van der Waals surface area (Å²) >= 11 is 3.27. The first kappa shape index (κ1) is 12.6. The number of rotatable bonds is 4. The van der Waals surface area contributed by atoms with Gasteiger partial charge in [-0.3, -0.25) is 0 Å². The summed E-state index contributed by atoms with van der Waals surface area (Å²) < 4.78 is 24.7. The highest BCUT2D eigenvalue weighted by atomic mass is 79.9. The Hall–Kier alpha value is -0.430. The Balaban J connectivity index is 2.61. The van der Waals surface area contributed by atoms with Crippen LogP contribution in [0.1, 0.15) is 11.7 Å². The van der Waals surface area contributed by atoms with Crippen LogP contribution in [0.15, 0.2) is 28.7 Å². The molecule has 0 saturated heterocycles. The molecule has 15 heavy (non-hydrogen) atoms. The lowest BCUT2D eigenvalue weighted by atomic mass is 10.1. The first-order chi connectivity index (χ1) is 6.88. The Labute approximate surface area is 97.5 Å². The van der Waals surface area contributed by atoms with Gasteiger partial charge in [0.15, 0.2) is 0 Å².